The van der Waals surface area contributed by atoms with Crippen molar-refractivity contribution in [3.63, 3.8) is 0 Å². The quantitative estimate of drug-likeness (QED) is 0.434. The molecule has 2 aromatic carbocycles. The molecule has 0 spiro atoms. The number of carbonyl (C=O) groups is 4. The Hall–Kier alpha value is -4.08. The molecule has 1 N–H and O–H groups in total. The first-order valence-electron chi connectivity index (χ1n) is 12.1. The Bertz CT molecular complexity index is 1090. The van der Waals surface area contributed by atoms with Crippen molar-refractivity contribution in [1.29, 1.82) is 0 Å². The summed E-state index contributed by atoms with van der Waals surface area (Å²) in [7, 11) is 4.24. The van der Waals surface area contributed by atoms with E-state index in [1.54, 1.807) is 18.0 Å². The van der Waals surface area contributed by atoms with Gasteiger partial charge in [-0.2, -0.15) is 0 Å². The third-order valence-corrected chi connectivity index (χ3v) is 4.80. The summed E-state index contributed by atoms with van der Waals surface area (Å²) in [5.41, 5.74) is 0.875. The van der Waals surface area contributed by atoms with Gasteiger partial charge in [-0.1, -0.05) is 6.92 Å². The summed E-state index contributed by atoms with van der Waals surface area (Å²) in [5.74, 6) is -1.53. The number of amides is 1. The lowest BCUT2D eigenvalue weighted by Crippen LogP contribution is -2.27. The fourth-order valence-electron chi connectivity index (χ4n) is 3.25. The number of nitrogens with zero attached hydrogens (tertiary/aromatic N) is 1. The predicted molar refractivity (Wildman–Crippen MR) is 141 cm³/mol. The van der Waals surface area contributed by atoms with E-state index in [1.165, 1.54) is 44.6 Å². The van der Waals surface area contributed by atoms with E-state index in [1.807, 2.05) is 34.6 Å². The molecule has 0 fully saturated rings. The van der Waals surface area contributed by atoms with Gasteiger partial charge in [-0.15, -0.1) is 0 Å². The van der Waals surface area contributed by atoms with Gasteiger partial charge in [-0.25, -0.2) is 14.4 Å². The van der Waals surface area contributed by atoms with E-state index in [-0.39, 0.29) is 34.8 Å². The molecule has 0 unspecified atom stereocenters. The van der Waals surface area contributed by atoms with Crippen molar-refractivity contribution < 1.29 is 43.2 Å². The first-order valence-corrected chi connectivity index (χ1v) is 12.1. The van der Waals surface area contributed by atoms with Crippen molar-refractivity contribution in [2.75, 3.05) is 27.8 Å². The van der Waals surface area contributed by atoms with Crippen molar-refractivity contribution in [1.82, 2.24) is 4.90 Å². The van der Waals surface area contributed by atoms with Crippen molar-refractivity contribution in [2.24, 2.45) is 0 Å². The Balaban J connectivity index is 0.000000382. The molecule has 0 saturated carbocycles. The third kappa shape index (κ3) is 10.1. The third-order valence-electron chi connectivity index (χ3n) is 4.80. The normalized spacial score (nSPS) is 10.3. The molecule has 38 heavy (non-hydrogen) atoms. The number of carboxylic acid groups (broad SMARTS) is 1. The Morgan fingerprint density at radius 3 is 1.50 bits per heavy atom. The van der Waals surface area contributed by atoms with Crippen LogP contribution in [0.2, 0.25) is 0 Å². The van der Waals surface area contributed by atoms with Crippen molar-refractivity contribution in [3.8, 4) is 11.5 Å². The molecule has 2 aromatic rings. The molecule has 0 aliphatic heterocycles. The maximum absolute atomic E-state index is 12.2. The number of methoxy groups -OCH3 is 2. The van der Waals surface area contributed by atoms with E-state index in [2.05, 4.69) is 9.47 Å². The van der Waals surface area contributed by atoms with E-state index in [4.69, 9.17) is 14.6 Å². The van der Waals surface area contributed by atoms with Crippen molar-refractivity contribution in [3.05, 3.63) is 58.7 Å². The molecular weight excluding hydrogens is 494 g/mol. The minimum Gasteiger partial charge on any atom is -0.491 e. The van der Waals surface area contributed by atoms with E-state index in [0.29, 0.717) is 23.6 Å². The highest BCUT2D eigenvalue weighted by Gasteiger charge is 2.17. The molecule has 0 aliphatic carbocycles. The highest BCUT2D eigenvalue weighted by Crippen LogP contribution is 2.21. The number of ether oxygens (including phenoxy) is 4. The van der Waals surface area contributed by atoms with Crippen molar-refractivity contribution >= 4 is 23.8 Å². The topological polar surface area (TPSA) is 129 Å². The van der Waals surface area contributed by atoms with Gasteiger partial charge >= 0.3 is 17.9 Å². The number of hydrogen-bond donors (Lipinski definition) is 1. The first kappa shape index (κ1) is 31.9. The summed E-state index contributed by atoms with van der Waals surface area (Å²) in [4.78, 5) is 47.9. The Morgan fingerprint density at radius 1 is 0.737 bits per heavy atom. The molecule has 0 aromatic heterocycles. The Labute approximate surface area is 223 Å². The van der Waals surface area contributed by atoms with Gasteiger partial charge in [0.25, 0.3) is 5.91 Å². The van der Waals surface area contributed by atoms with E-state index < -0.39 is 17.9 Å². The molecular formula is C28H37NO9. The molecule has 0 radical (unpaired) electrons. The van der Waals surface area contributed by atoms with Crippen LogP contribution in [0.1, 0.15) is 82.5 Å². The van der Waals surface area contributed by atoms with Crippen LogP contribution >= 0.6 is 0 Å². The fraction of sp³-hybridized carbons (Fsp3) is 0.429. The number of esters is 2. The molecule has 0 saturated heterocycles. The molecule has 2 rings (SSSR count). The van der Waals surface area contributed by atoms with Gasteiger partial charge in [0.15, 0.2) is 0 Å². The van der Waals surface area contributed by atoms with Gasteiger partial charge in [0.05, 0.1) is 43.1 Å². The average molecular weight is 532 g/mol. The lowest BCUT2D eigenvalue weighted by Gasteiger charge is -2.17. The minimum atomic E-state index is -1.08. The maximum Gasteiger partial charge on any atom is 0.338 e. The van der Waals surface area contributed by atoms with E-state index in [0.717, 1.165) is 6.42 Å². The zero-order valence-corrected chi connectivity index (χ0v) is 23.2. The number of hydrogen-bond acceptors (Lipinski definition) is 8. The maximum atomic E-state index is 12.2. The van der Waals surface area contributed by atoms with Gasteiger partial charge in [-0.05, 0) is 70.5 Å². The fourth-order valence-corrected chi connectivity index (χ4v) is 3.25. The van der Waals surface area contributed by atoms with Crippen LogP contribution in [-0.2, 0) is 9.47 Å². The van der Waals surface area contributed by atoms with Gasteiger partial charge in [0, 0.05) is 19.2 Å². The van der Waals surface area contributed by atoms with E-state index in [9.17, 15) is 19.2 Å². The van der Waals surface area contributed by atoms with Gasteiger partial charge in [0.1, 0.15) is 11.5 Å². The zero-order valence-electron chi connectivity index (χ0n) is 23.2. The molecule has 10 nitrogen and oxygen atoms in total. The van der Waals surface area contributed by atoms with Crippen LogP contribution in [0.4, 0.5) is 0 Å². The highest BCUT2D eigenvalue weighted by atomic mass is 16.5. The summed E-state index contributed by atoms with van der Waals surface area (Å²) in [6.45, 7) is 9.99. The smallest absolute Gasteiger partial charge is 0.338 e. The molecule has 10 heteroatoms. The molecule has 0 bridgehead atoms. The Kier molecular flexibility index (Phi) is 12.8. The molecule has 208 valence electrons. The molecule has 0 heterocycles. The summed E-state index contributed by atoms with van der Waals surface area (Å²) in [6.07, 6.45) is 0.690. The molecule has 0 atom stereocenters. The molecule has 0 aliphatic rings. The van der Waals surface area contributed by atoms with Crippen LogP contribution in [0.25, 0.3) is 0 Å². The number of carbonyl (C=O) groups excluding carboxylic acids is 3. The minimum absolute atomic E-state index is 0.0522. The number of carboxylic acids is 1. The highest BCUT2D eigenvalue weighted by molar-refractivity contribution is 5.98. The summed E-state index contributed by atoms with van der Waals surface area (Å²) >= 11 is 0. The second kappa shape index (κ2) is 15.2. The summed E-state index contributed by atoms with van der Waals surface area (Å²) in [5, 5.41) is 9.11. The Morgan fingerprint density at radius 2 is 1.13 bits per heavy atom. The summed E-state index contributed by atoms with van der Waals surface area (Å²) < 4.78 is 20.2. The second-order valence-electron chi connectivity index (χ2n) is 8.84. The molecule has 1 amide bonds. The second-order valence-corrected chi connectivity index (χ2v) is 8.84. The monoisotopic (exact) mass is 531 g/mol. The van der Waals surface area contributed by atoms with Crippen LogP contribution in [0.3, 0.4) is 0 Å². The lowest BCUT2D eigenvalue weighted by atomic mass is 10.1. The van der Waals surface area contributed by atoms with Crippen LogP contribution < -0.4 is 9.47 Å². The van der Waals surface area contributed by atoms with E-state index >= 15 is 0 Å². The van der Waals surface area contributed by atoms with Crippen LogP contribution in [0, 0.1) is 0 Å². The number of rotatable bonds is 10. The first-order chi connectivity index (χ1) is 17.8. The van der Waals surface area contributed by atoms with Crippen LogP contribution in [0.15, 0.2) is 36.4 Å². The van der Waals surface area contributed by atoms with Gasteiger partial charge in [-0.3, -0.25) is 4.79 Å². The lowest BCUT2D eigenvalue weighted by molar-refractivity contribution is 0.0595. The van der Waals surface area contributed by atoms with Gasteiger partial charge in [0.2, 0.25) is 0 Å². The zero-order chi connectivity index (χ0) is 29.0. The van der Waals surface area contributed by atoms with Gasteiger partial charge < -0.3 is 29.0 Å². The van der Waals surface area contributed by atoms with Crippen LogP contribution in [-0.4, -0.2) is 73.8 Å². The standard InChI is InChI=1S/C15H21NO4.C13H16O5/c1-5-6-16(4)14(17)11-7-12(15(18)19)9-13(8-11)20-10(2)3;1-8(2)18-11-6-9(12(14)16-3)5-10(7-11)13(15)17-4/h7-10H,5-6H2,1-4H3,(H,18,19);5-8H,1-4H3. The van der Waals surface area contributed by atoms with Crippen molar-refractivity contribution in [2.45, 2.75) is 53.2 Å². The SMILES string of the molecule is CCCN(C)C(=O)c1cc(OC(C)C)cc(C(=O)O)c1.COC(=O)c1cc(OC(C)C)cc(C(=O)OC)c1. The summed E-state index contributed by atoms with van der Waals surface area (Å²) in [6, 6.07) is 8.85. The number of aromatic carboxylic acids is 1. The average Bonchev–Trinajstić information content (AvgIpc) is 2.86. The number of benzene rings is 2. The largest absolute Gasteiger partial charge is 0.491 e. The predicted octanol–water partition coefficient (Wildman–Crippen LogP) is 4.70. The van der Waals surface area contributed by atoms with Crippen LogP contribution in [0.5, 0.6) is 11.5 Å².